The van der Waals surface area contributed by atoms with E-state index in [1.54, 1.807) is 19.2 Å². The highest BCUT2D eigenvalue weighted by atomic mass is 16.5. The highest BCUT2D eigenvalue weighted by Crippen LogP contribution is 2.51. The topological polar surface area (TPSA) is 118 Å². The minimum Gasteiger partial charge on any atom is -0.493 e. The SMILES string of the molecule is COc1cc([C@H]2Oc3c(OC)cc(CCCO)cc3[C@H]2CO)ccc1OC(CO)CO. The van der Waals surface area contributed by atoms with Crippen molar-refractivity contribution in [1.29, 1.82) is 0 Å². The van der Waals surface area contributed by atoms with Gasteiger partial charge in [0.05, 0.1) is 40.0 Å². The maximum Gasteiger partial charge on any atom is 0.165 e. The summed E-state index contributed by atoms with van der Waals surface area (Å²) in [6, 6.07) is 9.15. The molecule has 0 aliphatic carbocycles. The summed E-state index contributed by atoms with van der Waals surface area (Å²) in [7, 11) is 3.08. The second-order valence-corrected chi connectivity index (χ2v) is 7.39. The number of fused-ring (bicyclic) bond motifs is 1. The van der Waals surface area contributed by atoms with Crippen LogP contribution in [0.15, 0.2) is 30.3 Å². The molecule has 170 valence electrons. The summed E-state index contributed by atoms with van der Waals surface area (Å²) in [6.07, 6.45) is 0.117. The molecule has 2 aromatic carbocycles. The van der Waals surface area contributed by atoms with Crippen LogP contribution in [0.3, 0.4) is 0 Å². The second-order valence-electron chi connectivity index (χ2n) is 7.39. The Hall–Kier alpha value is -2.52. The summed E-state index contributed by atoms with van der Waals surface area (Å²) in [5.74, 6) is 1.69. The molecule has 4 N–H and O–H groups in total. The van der Waals surface area contributed by atoms with E-state index in [0.717, 1.165) is 16.7 Å². The van der Waals surface area contributed by atoms with Gasteiger partial charge in [-0.25, -0.2) is 0 Å². The van der Waals surface area contributed by atoms with Crippen LogP contribution in [0.4, 0.5) is 0 Å². The molecule has 8 heteroatoms. The van der Waals surface area contributed by atoms with Crippen LogP contribution in [-0.4, -0.2) is 67.2 Å². The number of methoxy groups -OCH3 is 2. The van der Waals surface area contributed by atoms with E-state index in [4.69, 9.17) is 24.1 Å². The lowest BCUT2D eigenvalue weighted by Crippen LogP contribution is -2.25. The van der Waals surface area contributed by atoms with Gasteiger partial charge in [0.25, 0.3) is 0 Å². The van der Waals surface area contributed by atoms with Crippen molar-refractivity contribution in [1.82, 2.24) is 0 Å². The first-order valence-electron chi connectivity index (χ1n) is 10.3. The first kappa shape index (κ1) is 23.1. The van der Waals surface area contributed by atoms with Crippen molar-refractivity contribution >= 4 is 0 Å². The van der Waals surface area contributed by atoms with Crippen molar-refractivity contribution in [2.45, 2.75) is 31.0 Å². The first-order valence-corrected chi connectivity index (χ1v) is 10.3. The summed E-state index contributed by atoms with van der Waals surface area (Å²) in [5, 5.41) is 37.9. The van der Waals surface area contributed by atoms with Crippen LogP contribution in [0.1, 0.15) is 35.1 Å². The molecule has 1 aliphatic rings. The number of hydrogen-bond acceptors (Lipinski definition) is 8. The average molecular weight is 434 g/mol. The zero-order valence-corrected chi connectivity index (χ0v) is 17.8. The first-order chi connectivity index (χ1) is 15.1. The molecule has 31 heavy (non-hydrogen) atoms. The maximum atomic E-state index is 10.2. The lowest BCUT2D eigenvalue weighted by molar-refractivity contribution is 0.0609. The minimum absolute atomic E-state index is 0.101. The maximum absolute atomic E-state index is 10.2. The van der Waals surface area contributed by atoms with Crippen LogP contribution in [0, 0.1) is 0 Å². The molecule has 0 radical (unpaired) electrons. The van der Waals surface area contributed by atoms with E-state index < -0.39 is 12.2 Å². The number of rotatable bonds is 11. The predicted octanol–water partition coefficient (Wildman–Crippen LogP) is 1.57. The molecule has 0 saturated carbocycles. The van der Waals surface area contributed by atoms with Gasteiger partial charge in [0, 0.05) is 12.2 Å². The molecular weight excluding hydrogens is 404 g/mol. The quantitative estimate of drug-likeness (QED) is 0.421. The van der Waals surface area contributed by atoms with E-state index in [1.165, 1.54) is 7.11 Å². The van der Waals surface area contributed by atoms with Crippen LogP contribution in [0.5, 0.6) is 23.0 Å². The molecule has 0 aromatic heterocycles. The van der Waals surface area contributed by atoms with Gasteiger partial charge in [0.2, 0.25) is 0 Å². The van der Waals surface area contributed by atoms with Gasteiger partial charge >= 0.3 is 0 Å². The largest absolute Gasteiger partial charge is 0.493 e. The van der Waals surface area contributed by atoms with E-state index in [1.807, 2.05) is 18.2 Å². The number of aliphatic hydroxyl groups excluding tert-OH is 4. The smallest absolute Gasteiger partial charge is 0.165 e. The Labute approximate surface area is 181 Å². The number of aliphatic hydroxyl groups is 4. The minimum atomic E-state index is -0.751. The van der Waals surface area contributed by atoms with Gasteiger partial charge in [0.1, 0.15) is 12.2 Å². The van der Waals surface area contributed by atoms with Crippen LogP contribution in [0.25, 0.3) is 0 Å². The zero-order valence-electron chi connectivity index (χ0n) is 17.8. The molecule has 1 heterocycles. The molecule has 0 spiro atoms. The van der Waals surface area contributed by atoms with E-state index in [0.29, 0.717) is 35.8 Å². The van der Waals surface area contributed by atoms with E-state index in [2.05, 4.69) is 0 Å². The van der Waals surface area contributed by atoms with Crippen LogP contribution < -0.4 is 18.9 Å². The fourth-order valence-electron chi connectivity index (χ4n) is 3.80. The van der Waals surface area contributed by atoms with Gasteiger partial charge in [-0.05, 0) is 42.2 Å². The fraction of sp³-hybridized carbons (Fsp3) is 0.478. The van der Waals surface area contributed by atoms with Crippen LogP contribution >= 0.6 is 0 Å². The predicted molar refractivity (Wildman–Crippen MR) is 113 cm³/mol. The number of aryl methyl sites for hydroxylation is 1. The molecule has 0 saturated heterocycles. The number of hydrogen-bond donors (Lipinski definition) is 4. The third-order valence-corrected chi connectivity index (χ3v) is 5.41. The summed E-state index contributed by atoms with van der Waals surface area (Å²) < 4.78 is 22.8. The van der Waals surface area contributed by atoms with Crippen molar-refractivity contribution in [3.8, 4) is 23.0 Å². The van der Waals surface area contributed by atoms with E-state index in [-0.39, 0.29) is 32.3 Å². The Kier molecular flexibility index (Phi) is 7.97. The third-order valence-electron chi connectivity index (χ3n) is 5.41. The van der Waals surface area contributed by atoms with Crippen molar-refractivity contribution in [3.05, 3.63) is 47.0 Å². The van der Waals surface area contributed by atoms with Crippen LogP contribution in [0.2, 0.25) is 0 Å². The van der Waals surface area contributed by atoms with Gasteiger partial charge in [-0.1, -0.05) is 12.1 Å². The molecule has 0 bridgehead atoms. The van der Waals surface area contributed by atoms with Gasteiger partial charge < -0.3 is 39.4 Å². The molecule has 8 nitrogen and oxygen atoms in total. The van der Waals surface area contributed by atoms with Crippen molar-refractivity contribution in [2.75, 3.05) is 40.6 Å². The van der Waals surface area contributed by atoms with Gasteiger partial charge in [-0.15, -0.1) is 0 Å². The Bertz CT molecular complexity index is 865. The molecule has 2 aromatic rings. The summed E-state index contributed by atoms with van der Waals surface area (Å²) in [4.78, 5) is 0. The second kappa shape index (κ2) is 10.7. The summed E-state index contributed by atoms with van der Waals surface area (Å²) in [6.45, 7) is -0.674. The molecule has 3 rings (SSSR count). The summed E-state index contributed by atoms with van der Waals surface area (Å²) in [5.41, 5.74) is 2.65. The number of ether oxygens (including phenoxy) is 4. The van der Waals surface area contributed by atoms with Crippen molar-refractivity contribution in [2.24, 2.45) is 0 Å². The Morgan fingerprint density at radius 1 is 0.935 bits per heavy atom. The summed E-state index contributed by atoms with van der Waals surface area (Å²) >= 11 is 0. The lowest BCUT2D eigenvalue weighted by Gasteiger charge is -2.21. The molecule has 0 unspecified atom stereocenters. The zero-order chi connectivity index (χ0) is 22.4. The monoisotopic (exact) mass is 434 g/mol. The van der Waals surface area contributed by atoms with Crippen molar-refractivity contribution in [3.63, 3.8) is 0 Å². The molecule has 2 atom stereocenters. The van der Waals surface area contributed by atoms with E-state index >= 15 is 0 Å². The van der Waals surface area contributed by atoms with Gasteiger partial charge in [0.15, 0.2) is 23.0 Å². The Balaban J connectivity index is 1.93. The highest BCUT2D eigenvalue weighted by molar-refractivity contribution is 5.56. The highest BCUT2D eigenvalue weighted by Gasteiger charge is 2.38. The third kappa shape index (κ3) is 4.88. The normalized spacial score (nSPS) is 17.4. The molecular formula is C23H30O8. The van der Waals surface area contributed by atoms with Crippen molar-refractivity contribution < 1.29 is 39.4 Å². The standard InChI is InChI=1S/C23H30O8/c1-28-20-10-15(5-6-19(20)30-16(11-25)12-26)22-18(13-27)17-8-14(4-3-7-24)9-21(29-2)23(17)31-22/h5-6,8-10,16,18,22,24-27H,3-4,7,11-13H2,1-2H3/t18-,22-/m1/s1. The van der Waals surface area contributed by atoms with Gasteiger partial charge in [-0.2, -0.15) is 0 Å². The Morgan fingerprint density at radius 3 is 2.29 bits per heavy atom. The van der Waals surface area contributed by atoms with Crippen LogP contribution in [-0.2, 0) is 6.42 Å². The lowest BCUT2D eigenvalue weighted by atomic mass is 9.90. The fourth-order valence-corrected chi connectivity index (χ4v) is 3.80. The van der Waals surface area contributed by atoms with Gasteiger partial charge in [-0.3, -0.25) is 0 Å². The molecule has 0 fully saturated rings. The molecule has 1 aliphatic heterocycles. The number of benzene rings is 2. The Morgan fingerprint density at radius 2 is 1.68 bits per heavy atom. The molecule has 0 amide bonds. The van der Waals surface area contributed by atoms with E-state index in [9.17, 15) is 15.3 Å². The average Bonchev–Trinajstić information content (AvgIpc) is 3.19.